The van der Waals surface area contributed by atoms with Crippen LogP contribution in [0, 0.1) is 5.41 Å². The van der Waals surface area contributed by atoms with Crippen LogP contribution in [-0.2, 0) is 4.79 Å². The second kappa shape index (κ2) is 7.89. The van der Waals surface area contributed by atoms with Crippen molar-refractivity contribution in [1.29, 1.82) is 0 Å². The van der Waals surface area contributed by atoms with Gasteiger partial charge in [0.2, 0.25) is 0 Å². The molecule has 1 amide bonds. The maximum atomic E-state index is 12.9. The van der Waals surface area contributed by atoms with E-state index in [9.17, 15) is 4.79 Å². The molecule has 6 heteroatoms. The number of halogens is 1. The van der Waals surface area contributed by atoms with Crippen molar-refractivity contribution in [3.8, 4) is 11.5 Å². The molecule has 1 spiro atoms. The van der Waals surface area contributed by atoms with Gasteiger partial charge in [0, 0.05) is 25.2 Å². The second-order valence-corrected chi connectivity index (χ2v) is 7.28. The molecule has 5 nitrogen and oxygen atoms in total. The van der Waals surface area contributed by atoms with E-state index < -0.39 is 0 Å². The number of carbonyl (C=O) groups is 1. The number of nitrogens with zero attached hydrogens (tertiary/aromatic N) is 1. The van der Waals surface area contributed by atoms with E-state index in [4.69, 9.17) is 9.47 Å². The SMILES string of the molecule is CCOc1cccc2c1OCC(C(=O)N1CCC3(CCNC3)CC1)=C2.Cl. The Balaban J connectivity index is 0.00000196. The number of rotatable bonds is 3. The zero-order chi connectivity index (χ0) is 17.3. The molecule has 2 saturated heterocycles. The second-order valence-electron chi connectivity index (χ2n) is 7.28. The predicted molar refractivity (Wildman–Crippen MR) is 104 cm³/mol. The van der Waals surface area contributed by atoms with E-state index in [1.165, 1.54) is 6.42 Å². The molecule has 26 heavy (non-hydrogen) atoms. The van der Waals surface area contributed by atoms with Crippen LogP contribution >= 0.6 is 12.4 Å². The van der Waals surface area contributed by atoms with Crippen LogP contribution in [0.15, 0.2) is 23.8 Å². The van der Waals surface area contributed by atoms with E-state index in [0.717, 1.165) is 61.7 Å². The Morgan fingerprint density at radius 1 is 1.31 bits per heavy atom. The lowest BCUT2D eigenvalue weighted by Crippen LogP contribution is -2.45. The van der Waals surface area contributed by atoms with Crippen molar-refractivity contribution in [2.75, 3.05) is 39.4 Å². The van der Waals surface area contributed by atoms with Crippen LogP contribution in [0.2, 0.25) is 0 Å². The summed E-state index contributed by atoms with van der Waals surface area (Å²) in [5.41, 5.74) is 2.09. The number of likely N-dealkylation sites (tertiary alicyclic amines) is 1. The van der Waals surface area contributed by atoms with E-state index >= 15 is 0 Å². The molecule has 0 unspecified atom stereocenters. The number of benzene rings is 1. The molecule has 1 N–H and O–H groups in total. The molecule has 3 aliphatic rings. The van der Waals surface area contributed by atoms with Gasteiger partial charge in [0.15, 0.2) is 11.5 Å². The topological polar surface area (TPSA) is 50.8 Å². The Bertz CT molecular complexity index is 688. The van der Waals surface area contributed by atoms with Gasteiger partial charge in [0.25, 0.3) is 5.91 Å². The van der Waals surface area contributed by atoms with Gasteiger partial charge in [0.05, 0.1) is 12.2 Å². The lowest BCUT2D eigenvalue weighted by atomic mass is 9.77. The van der Waals surface area contributed by atoms with Crippen molar-refractivity contribution in [1.82, 2.24) is 10.2 Å². The van der Waals surface area contributed by atoms with Crippen LogP contribution in [-0.4, -0.2) is 50.2 Å². The van der Waals surface area contributed by atoms with E-state index in [0.29, 0.717) is 18.6 Å². The summed E-state index contributed by atoms with van der Waals surface area (Å²) >= 11 is 0. The molecular weight excluding hydrogens is 352 g/mol. The van der Waals surface area contributed by atoms with Crippen molar-refractivity contribution >= 4 is 24.4 Å². The summed E-state index contributed by atoms with van der Waals surface area (Å²) < 4.78 is 11.5. The summed E-state index contributed by atoms with van der Waals surface area (Å²) in [7, 11) is 0. The minimum absolute atomic E-state index is 0. The molecule has 0 bridgehead atoms. The van der Waals surface area contributed by atoms with Gasteiger partial charge in [-0.1, -0.05) is 12.1 Å². The van der Waals surface area contributed by atoms with Crippen LogP contribution in [0.1, 0.15) is 31.7 Å². The summed E-state index contributed by atoms with van der Waals surface area (Å²) in [6.07, 6.45) is 5.41. The summed E-state index contributed by atoms with van der Waals surface area (Å²) in [4.78, 5) is 14.9. The molecule has 2 fully saturated rings. The average molecular weight is 379 g/mol. The van der Waals surface area contributed by atoms with E-state index in [2.05, 4.69) is 5.32 Å². The van der Waals surface area contributed by atoms with Crippen molar-refractivity contribution in [2.45, 2.75) is 26.2 Å². The Labute approximate surface area is 161 Å². The first-order chi connectivity index (χ1) is 12.2. The molecule has 0 saturated carbocycles. The number of amides is 1. The van der Waals surface area contributed by atoms with Crippen LogP contribution in [0.5, 0.6) is 11.5 Å². The molecule has 1 aromatic carbocycles. The summed E-state index contributed by atoms with van der Waals surface area (Å²) in [6, 6.07) is 5.82. The molecule has 0 atom stereocenters. The molecule has 0 radical (unpaired) electrons. The molecule has 3 heterocycles. The van der Waals surface area contributed by atoms with Crippen molar-refractivity contribution in [3.63, 3.8) is 0 Å². The number of ether oxygens (including phenoxy) is 2. The molecule has 3 aliphatic heterocycles. The fourth-order valence-corrected chi connectivity index (χ4v) is 4.18. The van der Waals surface area contributed by atoms with Crippen LogP contribution in [0.4, 0.5) is 0 Å². The highest BCUT2D eigenvalue weighted by atomic mass is 35.5. The van der Waals surface area contributed by atoms with Gasteiger partial charge in [0.1, 0.15) is 6.61 Å². The first-order valence-corrected chi connectivity index (χ1v) is 9.30. The fourth-order valence-electron chi connectivity index (χ4n) is 4.18. The maximum Gasteiger partial charge on any atom is 0.253 e. The van der Waals surface area contributed by atoms with Gasteiger partial charge in [-0.05, 0) is 50.3 Å². The Kier molecular flexibility index (Phi) is 5.78. The van der Waals surface area contributed by atoms with Gasteiger partial charge in [-0.2, -0.15) is 0 Å². The number of carbonyl (C=O) groups excluding carboxylic acids is 1. The minimum Gasteiger partial charge on any atom is -0.490 e. The minimum atomic E-state index is 0. The van der Waals surface area contributed by atoms with E-state index in [1.807, 2.05) is 36.1 Å². The Hall–Kier alpha value is -1.72. The maximum absolute atomic E-state index is 12.9. The predicted octanol–water partition coefficient (Wildman–Crippen LogP) is 2.89. The van der Waals surface area contributed by atoms with Crippen molar-refractivity contribution in [3.05, 3.63) is 29.3 Å². The first-order valence-electron chi connectivity index (χ1n) is 9.30. The monoisotopic (exact) mass is 378 g/mol. The third-order valence-corrected chi connectivity index (χ3v) is 5.73. The normalized spacial score (nSPS) is 20.7. The molecule has 0 aliphatic carbocycles. The third-order valence-electron chi connectivity index (χ3n) is 5.73. The number of nitrogens with one attached hydrogen (secondary N) is 1. The van der Waals surface area contributed by atoms with Crippen LogP contribution in [0.3, 0.4) is 0 Å². The number of hydrogen-bond acceptors (Lipinski definition) is 4. The average Bonchev–Trinajstić information content (AvgIpc) is 3.10. The zero-order valence-electron chi connectivity index (χ0n) is 15.3. The Morgan fingerprint density at radius 2 is 2.12 bits per heavy atom. The summed E-state index contributed by atoms with van der Waals surface area (Å²) in [5, 5.41) is 3.47. The quantitative estimate of drug-likeness (QED) is 0.878. The third kappa shape index (κ3) is 3.55. The van der Waals surface area contributed by atoms with Gasteiger partial charge >= 0.3 is 0 Å². The largest absolute Gasteiger partial charge is 0.490 e. The molecule has 1 aromatic rings. The van der Waals surface area contributed by atoms with Crippen molar-refractivity contribution in [2.24, 2.45) is 5.41 Å². The highest BCUT2D eigenvalue weighted by Crippen LogP contribution is 2.39. The summed E-state index contributed by atoms with van der Waals surface area (Å²) in [5.74, 6) is 1.61. The number of fused-ring (bicyclic) bond motifs is 1. The molecule has 0 aromatic heterocycles. The van der Waals surface area contributed by atoms with E-state index in [1.54, 1.807) is 0 Å². The molecular formula is C20H27ClN2O3. The number of para-hydroxylation sites is 1. The zero-order valence-corrected chi connectivity index (χ0v) is 16.1. The molecule has 142 valence electrons. The highest BCUT2D eigenvalue weighted by molar-refractivity contribution is 5.99. The van der Waals surface area contributed by atoms with Gasteiger partial charge < -0.3 is 19.7 Å². The number of hydrogen-bond donors (Lipinski definition) is 1. The van der Waals surface area contributed by atoms with Crippen molar-refractivity contribution < 1.29 is 14.3 Å². The first kappa shape index (κ1) is 19.1. The summed E-state index contributed by atoms with van der Waals surface area (Å²) in [6.45, 7) is 6.79. The van der Waals surface area contributed by atoms with Crippen LogP contribution < -0.4 is 14.8 Å². The lowest BCUT2D eigenvalue weighted by Gasteiger charge is -2.39. The van der Waals surface area contributed by atoms with Crippen LogP contribution in [0.25, 0.3) is 6.08 Å². The van der Waals surface area contributed by atoms with Gasteiger partial charge in [-0.15, -0.1) is 12.4 Å². The van der Waals surface area contributed by atoms with Gasteiger partial charge in [-0.25, -0.2) is 0 Å². The number of piperidine rings is 1. The van der Waals surface area contributed by atoms with Gasteiger partial charge in [-0.3, -0.25) is 4.79 Å². The standard InChI is InChI=1S/C20H26N2O3.ClH/c1-2-24-17-5-3-4-15-12-16(13-25-18(15)17)19(23)22-10-7-20(8-11-22)6-9-21-14-20;/h3-5,12,21H,2,6-11,13-14H2,1H3;1H. The fraction of sp³-hybridized carbons (Fsp3) is 0.550. The molecule has 4 rings (SSSR count). The smallest absolute Gasteiger partial charge is 0.253 e. The lowest BCUT2D eigenvalue weighted by molar-refractivity contribution is -0.129. The van der Waals surface area contributed by atoms with E-state index in [-0.39, 0.29) is 18.3 Å². The highest BCUT2D eigenvalue weighted by Gasteiger charge is 2.38. The Morgan fingerprint density at radius 3 is 2.81 bits per heavy atom.